The molecule has 0 unspecified atom stereocenters. The van der Waals surface area contributed by atoms with E-state index in [-0.39, 0.29) is 13.1 Å². The molecule has 0 saturated carbocycles. The first-order chi connectivity index (χ1) is 10.4. The Labute approximate surface area is 139 Å². The molecule has 1 N–H and O–H groups in total. The standard InChI is InChI=1S/C14H25N3O4S2/c1-11-9-12(2)14(13(3)10-11)17(22(6,18)19)8-7-15-23(20,21)16(4)5/h9-10,15H,7-8H2,1-6H3. The Balaban J connectivity index is 3.10. The lowest BCUT2D eigenvalue weighted by atomic mass is 10.1. The average molecular weight is 364 g/mol. The van der Waals surface area contributed by atoms with Gasteiger partial charge in [0, 0.05) is 27.2 Å². The molecule has 1 aromatic rings. The van der Waals surface area contributed by atoms with E-state index in [1.807, 2.05) is 32.9 Å². The van der Waals surface area contributed by atoms with Gasteiger partial charge in [0.1, 0.15) is 0 Å². The Bertz CT molecular complexity index is 748. The fourth-order valence-electron chi connectivity index (χ4n) is 2.41. The molecule has 0 aliphatic heterocycles. The number of benzene rings is 1. The second-order valence-corrected chi connectivity index (χ2v) is 9.64. The quantitative estimate of drug-likeness (QED) is 0.775. The molecule has 23 heavy (non-hydrogen) atoms. The fraction of sp³-hybridized carbons (Fsp3) is 0.571. The normalized spacial score (nSPS) is 12.7. The highest BCUT2D eigenvalue weighted by molar-refractivity contribution is 7.92. The van der Waals surface area contributed by atoms with Gasteiger partial charge in [-0.05, 0) is 31.9 Å². The topological polar surface area (TPSA) is 86.8 Å². The Morgan fingerprint density at radius 1 is 1.00 bits per heavy atom. The van der Waals surface area contributed by atoms with Crippen molar-refractivity contribution in [1.29, 1.82) is 0 Å². The number of anilines is 1. The Kier molecular flexibility index (Phi) is 6.19. The number of sulfonamides is 1. The number of hydrogen-bond acceptors (Lipinski definition) is 4. The van der Waals surface area contributed by atoms with E-state index in [9.17, 15) is 16.8 Å². The number of hydrogen-bond donors (Lipinski definition) is 1. The molecule has 1 aromatic carbocycles. The highest BCUT2D eigenvalue weighted by atomic mass is 32.2. The molecule has 0 atom stereocenters. The zero-order valence-electron chi connectivity index (χ0n) is 14.4. The minimum absolute atomic E-state index is 0.0136. The van der Waals surface area contributed by atoms with E-state index < -0.39 is 20.2 Å². The van der Waals surface area contributed by atoms with Crippen LogP contribution in [0.5, 0.6) is 0 Å². The number of nitrogens with zero attached hydrogens (tertiary/aromatic N) is 2. The minimum Gasteiger partial charge on any atom is -0.269 e. The molecule has 9 heteroatoms. The van der Waals surface area contributed by atoms with Crippen molar-refractivity contribution in [2.24, 2.45) is 0 Å². The Hall–Kier alpha value is -1.16. The third-order valence-electron chi connectivity index (χ3n) is 3.37. The molecule has 0 amide bonds. The lowest BCUT2D eigenvalue weighted by Gasteiger charge is -2.26. The molecular weight excluding hydrogens is 338 g/mol. The first-order valence-corrected chi connectivity index (χ1v) is 10.4. The molecule has 0 aliphatic rings. The fourth-order valence-corrected chi connectivity index (χ4v) is 4.06. The lowest BCUT2D eigenvalue weighted by Crippen LogP contribution is -2.42. The lowest BCUT2D eigenvalue weighted by molar-refractivity contribution is 0.506. The van der Waals surface area contributed by atoms with E-state index >= 15 is 0 Å². The summed E-state index contributed by atoms with van der Waals surface area (Å²) in [7, 11) is -4.30. The molecule has 0 bridgehead atoms. The van der Waals surface area contributed by atoms with Crippen LogP contribution >= 0.6 is 0 Å². The van der Waals surface area contributed by atoms with E-state index in [1.165, 1.54) is 18.4 Å². The van der Waals surface area contributed by atoms with Crippen LogP contribution in [0.4, 0.5) is 5.69 Å². The van der Waals surface area contributed by atoms with Crippen LogP contribution in [0.25, 0.3) is 0 Å². The van der Waals surface area contributed by atoms with Crippen molar-refractivity contribution in [1.82, 2.24) is 9.03 Å². The third-order valence-corrected chi connectivity index (χ3v) is 6.06. The van der Waals surface area contributed by atoms with Crippen molar-refractivity contribution < 1.29 is 16.8 Å². The van der Waals surface area contributed by atoms with Crippen molar-refractivity contribution in [3.8, 4) is 0 Å². The molecule has 0 spiro atoms. The van der Waals surface area contributed by atoms with Crippen LogP contribution in [0, 0.1) is 20.8 Å². The predicted octanol–water partition coefficient (Wildman–Crippen LogP) is 0.774. The van der Waals surface area contributed by atoms with Crippen LogP contribution < -0.4 is 9.03 Å². The van der Waals surface area contributed by atoms with Crippen LogP contribution in [0.3, 0.4) is 0 Å². The van der Waals surface area contributed by atoms with Crippen molar-refractivity contribution >= 4 is 25.9 Å². The van der Waals surface area contributed by atoms with Gasteiger partial charge in [0.15, 0.2) is 0 Å². The molecule has 0 aromatic heterocycles. The Morgan fingerprint density at radius 3 is 1.87 bits per heavy atom. The summed E-state index contributed by atoms with van der Waals surface area (Å²) in [5, 5.41) is 0. The maximum absolute atomic E-state index is 12.1. The molecule has 132 valence electrons. The maximum Gasteiger partial charge on any atom is 0.278 e. The number of nitrogens with one attached hydrogen (secondary N) is 1. The van der Waals surface area contributed by atoms with Gasteiger partial charge >= 0.3 is 0 Å². The van der Waals surface area contributed by atoms with Crippen molar-refractivity contribution in [2.45, 2.75) is 20.8 Å². The maximum atomic E-state index is 12.1. The summed E-state index contributed by atoms with van der Waals surface area (Å²) in [6.07, 6.45) is 1.12. The van der Waals surface area contributed by atoms with E-state index in [2.05, 4.69) is 4.72 Å². The van der Waals surface area contributed by atoms with E-state index in [1.54, 1.807) is 0 Å². The highest BCUT2D eigenvalue weighted by Crippen LogP contribution is 2.27. The molecule has 0 saturated heterocycles. The SMILES string of the molecule is Cc1cc(C)c(N(CCNS(=O)(=O)N(C)C)S(C)(=O)=O)c(C)c1. The van der Waals surface area contributed by atoms with Crippen molar-refractivity contribution in [3.63, 3.8) is 0 Å². The van der Waals surface area contributed by atoms with Crippen LogP contribution in [-0.4, -0.2) is 54.6 Å². The second kappa shape index (κ2) is 7.16. The van der Waals surface area contributed by atoms with Gasteiger partial charge in [0.25, 0.3) is 10.2 Å². The monoisotopic (exact) mass is 363 g/mol. The summed E-state index contributed by atoms with van der Waals surface area (Å²) in [6.45, 7) is 5.64. The van der Waals surface area contributed by atoms with Gasteiger partial charge in [-0.2, -0.15) is 12.7 Å². The summed E-state index contributed by atoms with van der Waals surface area (Å²) >= 11 is 0. The Morgan fingerprint density at radius 2 is 1.48 bits per heavy atom. The van der Waals surface area contributed by atoms with Gasteiger partial charge in [-0.25, -0.2) is 13.1 Å². The van der Waals surface area contributed by atoms with Crippen LogP contribution in [0.2, 0.25) is 0 Å². The molecule has 0 fully saturated rings. The molecule has 1 rings (SSSR count). The number of aryl methyl sites for hydroxylation is 3. The third kappa shape index (κ3) is 5.17. The van der Waals surface area contributed by atoms with E-state index in [0.29, 0.717) is 5.69 Å². The average Bonchev–Trinajstić information content (AvgIpc) is 2.34. The van der Waals surface area contributed by atoms with Crippen LogP contribution in [-0.2, 0) is 20.2 Å². The molecule has 0 aliphatic carbocycles. The van der Waals surface area contributed by atoms with E-state index in [4.69, 9.17) is 0 Å². The second-order valence-electron chi connectivity index (χ2n) is 5.76. The van der Waals surface area contributed by atoms with Gasteiger partial charge in [-0.15, -0.1) is 0 Å². The first kappa shape index (κ1) is 19.9. The highest BCUT2D eigenvalue weighted by Gasteiger charge is 2.22. The molecule has 0 heterocycles. The summed E-state index contributed by atoms with van der Waals surface area (Å²) in [5.74, 6) is 0. The minimum atomic E-state index is -3.59. The zero-order valence-corrected chi connectivity index (χ0v) is 16.0. The molecule has 7 nitrogen and oxygen atoms in total. The van der Waals surface area contributed by atoms with Gasteiger partial charge in [-0.3, -0.25) is 4.31 Å². The van der Waals surface area contributed by atoms with Crippen molar-refractivity contribution in [3.05, 3.63) is 28.8 Å². The predicted molar refractivity (Wildman–Crippen MR) is 93.5 cm³/mol. The van der Waals surface area contributed by atoms with Gasteiger partial charge in [0.05, 0.1) is 11.9 Å². The summed E-state index contributed by atoms with van der Waals surface area (Å²) in [4.78, 5) is 0. The van der Waals surface area contributed by atoms with Crippen LogP contribution in [0.15, 0.2) is 12.1 Å². The smallest absolute Gasteiger partial charge is 0.269 e. The van der Waals surface area contributed by atoms with Crippen molar-refractivity contribution in [2.75, 3.05) is 37.7 Å². The van der Waals surface area contributed by atoms with Gasteiger partial charge in [0.2, 0.25) is 10.0 Å². The zero-order chi connectivity index (χ0) is 18.0. The first-order valence-electron chi connectivity index (χ1n) is 7.09. The summed E-state index contributed by atoms with van der Waals surface area (Å²) in [6, 6.07) is 3.81. The largest absolute Gasteiger partial charge is 0.278 e. The van der Waals surface area contributed by atoms with Gasteiger partial charge in [-0.1, -0.05) is 17.7 Å². The van der Waals surface area contributed by atoms with E-state index in [0.717, 1.165) is 27.3 Å². The van der Waals surface area contributed by atoms with Crippen LogP contribution in [0.1, 0.15) is 16.7 Å². The summed E-state index contributed by atoms with van der Waals surface area (Å²) in [5.41, 5.74) is 3.32. The number of rotatable bonds is 7. The summed E-state index contributed by atoms with van der Waals surface area (Å²) < 4.78 is 52.4. The van der Waals surface area contributed by atoms with Gasteiger partial charge < -0.3 is 0 Å². The molecule has 0 radical (unpaired) electrons. The molecular formula is C14H25N3O4S2.